The number of hydrogen-bond donors (Lipinski definition) is 1. The Labute approximate surface area is 196 Å². The molecule has 1 aromatic carbocycles. The number of carboxylic acids is 1. The van der Waals surface area contributed by atoms with E-state index in [4.69, 9.17) is 33.5 Å². The average molecular weight is 487 g/mol. The van der Waals surface area contributed by atoms with Gasteiger partial charge in [0, 0.05) is 18.6 Å². The zero-order chi connectivity index (χ0) is 25.0. The molecule has 0 unspecified atom stereocenters. The highest BCUT2D eigenvalue weighted by atomic mass is 16.6. The zero-order valence-electron chi connectivity index (χ0n) is 18.7. The first-order valence-electron chi connectivity index (χ1n) is 10.5. The van der Waals surface area contributed by atoms with E-state index in [9.17, 15) is 24.5 Å². The number of non-ortho nitro benzene ring substituents is 1. The smallest absolute Gasteiger partial charge is 0.372 e. The molecule has 1 rings (SSSR count). The second kappa shape index (κ2) is 18.3. The van der Waals surface area contributed by atoms with Crippen LogP contribution in [0.3, 0.4) is 0 Å². The Morgan fingerprint density at radius 2 is 1.21 bits per heavy atom. The highest BCUT2D eigenvalue weighted by Crippen LogP contribution is 2.17. The molecule has 0 aliphatic rings. The Hall–Kier alpha value is -3.13. The molecule has 0 aliphatic heterocycles. The van der Waals surface area contributed by atoms with E-state index in [1.54, 1.807) is 0 Å². The van der Waals surface area contributed by atoms with E-state index in [-0.39, 0.29) is 25.3 Å². The summed E-state index contributed by atoms with van der Waals surface area (Å²) in [6.45, 7) is 2.99. The van der Waals surface area contributed by atoms with Gasteiger partial charge in [-0.15, -0.1) is 0 Å². The number of ether oxygens (including phenoxy) is 6. The van der Waals surface area contributed by atoms with Crippen LogP contribution in [0, 0.1) is 10.1 Å². The second-order valence-electron chi connectivity index (χ2n) is 6.50. The van der Waals surface area contributed by atoms with Crippen LogP contribution in [0.4, 0.5) is 5.69 Å². The molecule has 0 aromatic heterocycles. The topological polar surface area (TPSA) is 170 Å². The zero-order valence-corrected chi connectivity index (χ0v) is 18.7. The summed E-state index contributed by atoms with van der Waals surface area (Å²) in [7, 11) is 0. The summed E-state index contributed by atoms with van der Waals surface area (Å²) in [4.78, 5) is 42.6. The molecule has 0 aliphatic carbocycles. The van der Waals surface area contributed by atoms with Crippen molar-refractivity contribution in [1.82, 2.24) is 0 Å². The van der Waals surface area contributed by atoms with E-state index in [0.717, 1.165) is 0 Å². The fraction of sp³-hybridized carbons (Fsp3) is 0.571. The molecule has 0 saturated heterocycles. The third-order valence-corrected chi connectivity index (χ3v) is 3.95. The molecule has 13 heteroatoms. The SMILES string of the molecule is O=C(CCC(=O)C(=O)O)OCCOCCOCCOCCOCCOc1ccc([N+](=O)[O-])cc1. The normalized spacial score (nSPS) is 10.6. The molecule has 1 N–H and O–H groups in total. The fourth-order valence-electron chi connectivity index (χ4n) is 2.25. The number of hydrogen-bond acceptors (Lipinski definition) is 11. The van der Waals surface area contributed by atoms with Crippen LogP contribution >= 0.6 is 0 Å². The van der Waals surface area contributed by atoms with E-state index in [2.05, 4.69) is 0 Å². The summed E-state index contributed by atoms with van der Waals surface area (Å²) in [5.41, 5.74) is 0.00307. The number of nitro groups is 1. The molecule has 0 heterocycles. The highest BCUT2D eigenvalue weighted by molar-refractivity contribution is 6.32. The predicted octanol–water partition coefficient (Wildman–Crippen LogP) is 1.02. The van der Waals surface area contributed by atoms with Crippen LogP contribution in [0.5, 0.6) is 5.75 Å². The number of esters is 1. The third-order valence-electron chi connectivity index (χ3n) is 3.95. The van der Waals surface area contributed by atoms with Gasteiger partial charge in [0.1, 0.15) is 19.0 Å². The van der Waals surface area contributed by atoms with Gasteiger partial charge in [-0.05, 0) is 12.1 Å². The molecule has 0 bridgehead atoms. The van der Waals surface area contributed by atoms with E-state index in [1.165, 1.54) is 24.3 Å². The number of carbonyl (C=O) groups is 3. The molecular formula is C21H29NO12. The Bertz CT molecular complexity index is 753. The van der Waals surface area contributed by atoms with Crippen LogP contribution < -0.4 is 4.74 Å². The largest absolute Gasteiger partial charge is 0.491 e. The molecule has 0 atom stereocenters. The van der Waals surface area contributed by atoms with Gasteiger partial charge in [-0.2, -0.15) is 0 Å². The number of ketones is 1. The van der Waals surface area contributed by atoms with Crippen LogP contribution in [-0.4, -0.2) is 93.8 Å². The van der Waals surface area contributed by atoms with Gasteiger partial charge in [0.25, 0.3) is 5.69 Å². The molecule has 13 nitrogen and oxygen atoms in total. The monoisotopic (exact) mass is 487 g/mol. The first kappa shape index (κ1) is 28.9. The van der Waals surface area contributed by atoms with E-state index < -0.39 is 29.1 Å². The van der Waals surface area contributed by atoms with Crippen LogP contribution in [0.1, 0.15) is 12.8 Å². The van der Waals surface area contributed by atoms with Crippen LogP contribution in [0.15, 0.2) is 24.3 Å². The van der Waals surface area contributed by atoms with Gasteiger partial charge in [0.15, 0.2) is 0 Å². The van der Waals surface area contributed by atoms with E-state index in [0.29, 0.717) is 58.6 Å². The summed E-state index contributed by atoms with van der Waals surface area (Å²) >= 11 is 0. The Morgan fingerprint density at radius 3 is 1.68 bits per heavy atom. The summed E-state index contributed by atoms with van der Waals surface area (Å²) < 4.78 is 31.4. The third kappa shape index (κ3) is 14.8. The molecule has 190 valence electrons. The number of benzene rings is 1. The van der Waals surface area contributed by atoms with Crippen molar-refractivity contribution in [3.8, 4) is 5.75 Å². The lowest BCUT2D eigenvalue weighted by Gasteiger charge is -2.08. The lowest BCUT2D eigenvalue weighted by Crippen LogP contribution is -2.17. The number of nitro benzene ring substituents is 1. The van der Waals surface area contributed by atoms with E-state index >= 15 is 0 Å². The second-order valence-corrected chi connectivity index (χ2v) is 6.50. The number of rotatable bonds is 21. The number of carbonyl (C=O) groups excluding carboxylic acids is 2. The Morgan fingerprint density at radius 1 is 0.735 bits per heavy atom. The molecule has 0 amide bonds. The molecule has 34 heavy (non-hydrogen) atoms. The molecule has 0 radical (unpaired) electrons. The minimum Gasteiger partial charge on any atom is -0.491 e. The van der Waals surface area contributed by atoms with E-state index in [1.807, 2.05) is 0 Å². The van der Waals surface area contributed by atoms with Crippen molar-refractivity contribution >= 4 is 23.4 Å². The quantitative estimate of drug-likeness (QED) is 0.0859. The number of aliphatic carboxylic acids is 1. The van der Waals surface area contributed by atoms with Gasteiger partial charge in [-0.3, -0.25) is 19.7 Å². The summed E-state index contributed by atoms with van der Waals surface area (Å²) in [6.07, 6.45) is -0.676. The fourth-order valence-corrected chi connectivity index (χ4v) is 2.25. The molecule has 0 spiro atoms. The van der Waals surface area contributed by atoms with Crippen molar-refractivity contribution in [1.29, 1.82) is 0 Å². The number of Topliss-reactive ketones (excluding diaryl/α,β-unsaturated/α-hetero) is 1. The maximum atomic E-state index is 11.3. The van der Waals surface area contributed by atoms with Crippen molar-refractivity contribution in [3.63, 3.8) is 0 Å². The lowest BCUT2D eigenvalue weighted by molar-refractivity contribution is -0.384. The van der Waals surface area contributed by atoms with Crippen LogP contribution in [0.2, 0.25) is 0 Å². The molecule has 0 fully saturated rings. The van der Waals surface area contributed by atoms with Crippen molar-refractivity contribution in [3.05, 3.63) is 34.4 Å². The summed E-state index contributed by atoms with van der Waals surface area (Å²) in [6, 6.07) is 5.79. The van der Waals surface area contributed by atoms with Crippen molar-refractivity contribution in [2.45, 2.75) is 12.8 Å². The highest BCUT2D eigenvalue weighted by Gasteiger charge is 2.14. The minimum absolute atomic E-state index is 0.00211. The number of carboxylic acid groups (broad SMARTS) is 1. The van der Waals surface area contributed by atoms with Crippen LogP contribution in [-0.2, 0) is 38.1 Å². The summed E-state index contributed by atoms with van der Waals surface area (Å²) in [5, 5.41) is 19.0. The van der Waals surface area contributed by atoms with Gasteiger partial charge in [-0.25, -0.2) is 4.79 Å². The minimum atomic E-state index is -1.57. The first-order valence-corrected chi connectivity index (χ1v) is 10.5. The standard InChI is InChI=1S/C21H29NO12/c23-19(21(25)26)5-6-20(24)34-16-14-32-12-10-30-8-7-29-9-11-31-13-15-33-18-3-1-17(2-4-18)22(27)28/h1-4H,5-16H2,(H,25,26). The lowest BCUT2D eigenvalue weighted by atomic mass is 10.2. The van der Waals surface area contributed by atoms with Crippen molar-refractivity contribution in [2.75, 3.05) is 66.1 Å². The number of nitrogens with zero attached hydrogens (tertiary/aromatic N) is 1. The first-order chi connectivity index (χ1) is 16.4. The van der Waals surface area contributed by atoms with Crippen molar-refractivity contribution in [2.24, 2.45) is 0 Å². The van der Waals surface area contributed by atoms with Gasteiger partial charge in [0.2, 0.25) is 5.78 Å². The van der Waals surface area contributed by atoms with Gasteiger partial charge in [-0.1, -0.05) is 0 Å². The van der Waals surface area contributed by atoms with Crippen LogP contribution in [0.25, 0.3) is 0 Å². The maximum Gasteiger partial charge on any atom is 0.372 e. The Kier molecular flexibility index (Phi) is 15.6. The molecule has 1 aromatic rings. The van der Waals surface area contributed by atoms with Gasteiger partial charge in [0.05, 0.1) is 64.2 Å². The predicted molar refractivity (Wildman–Crippen MR) is 115 cm³/mol. The summed E-state index contributed by atoms with van der Waals surface area (Å²) in [5.74, 6) is -2.74. The maximum absolute atomic E-state index is 11.3. The van der Waals surface area contributed by atoms with Gasteiger partial charge >= 0.3 is 11.9 Å². The molecular weight excluding hydrogens is 458 g/mol. The Balaban J connectivity index is 1.81. The van der Waals surface area contributed by atoms with Crippen molar-refractivity contribution < 1.29 is 52.8 Å². The molecule has 0 saturated carbocycles. The van der Waals surface area contributed by atoms with Gasteiger partial charge < -0.3 is 33.5 Å². The average Bonchev–Trinajstić information content (AvgIpc) is 2.82.